The lowest BCUT2D eigenvalue weighted by Gasteiger charge is -2.09. The van der Waals surface area contributed by atoms with Gasteiger partial charge in [-0.1, -0.05) is 0 Å². The molecule has 0 saturated carbocycles. The SMILES string of the molecule is COCCNC(=O)c1ccc(NC(=S)NC(C)=O)cc1. The van der Waals surface area contributed by atoms with Gasteiger partial charge < -0.3 is 20.7 Å². The molecule has 0 bridgehead atoms. The number of methoxy groups -OCH3 is 1. The summed E-state index contributed by atoms with van der Waals surface area (Å²) in [5, 5.41) is 8.23. The number of rotatable bonds is 5. The number of anilines is 1. The Kier molecular flexibility index (Phi) is 6.61. The van der Waals surface area contributed by atoms with Gasteiger partial charge in [0.15, 0.2) is 5.11 Å². The topological polar surface area (TPSA) is 79.5 Å². The van der Waals surface area contributed by atoms with Crippen LogP contribution >= 0.6 is 12.2 Å². The van der Waals surface area contributed by atoms with E-state index in [1.165, 1.54) is 6.92 Å². The molecule has 0 saturated heterocycles. The van der Waals surface area contributed by atoms with Crippen molar-refractivity contribution >= 4 is 34.8 Å². The lowest BCUT2D eigenvalue weighted by Crippen LogP contribution is -2.32. The number of hydrogen-bond acceptors (Lipinski definition) is 4. The summed E-state index contributed by atoms with van der Waals surface area (Å²) in [4.78, 5) is 22.5. The molecule has 0 fully saturated rings. The summed E-state index contributed by atoms with van der Waals surface area (Å²) in [5.74, 6) is -0.408. The Hall–Kier alpha value is -1.99. The maximum absolute atomic E-state index is 11.7. The number of thiocarbonyl (C=S) groups is 1. The largest absolute Gasteiger partial charge is 0.383 e. The van der Waals surface area contributed by atoms with E-state index >= 15 is 0 Å². The van der Waals surface area contributed by atoms with Gasteiger partial charge in [-0.05, 0) is 36.5 Å². The van der Waals surface area contributed by atoms with Crippen LogP contribution in [0.1, 0.15) is 17.3 Å². The third-order valence-corrected chi connectivity index (χ3v) is 2.49. The average Bonchev–Trinajstić information content (AvgIpc) is 2.38. The van der Waals surface area contributed by atoms with E-state index in [9.17, 15) is 9.59 Å². The molecule has 0 spiro atoms. The monoisotopic (exact) mass is 295 g/mol. The van der Waals surface area contributed by atoms with Crippen molar-refractivity contribution in [3.63, 3.8) is 0 Å². The molecule has 1 aromatic rings. The molecule has 108 valence electrons. The Bertz CT molecular complexity index is 488. The molecule has 0 aliphatic heterocycles. The molecule has 20 heavy (non-hydrogen) atoms. The van der Waals surface area contributed by atoms with Crippen molar-refractivity contribution < 1.29 is 14.3 Å². The van der Waals surface area contributed by atoms with Gasteiger partial charge in [-0.25, -0.2) is 0 Å². The lowest BCUT2D eigenvalue weighted by molar-refractivity contribution is -0.117. The second kappa shape index (κ2) is 8.23. The van der Waals surface area contributed by atoms with Crippen LogP contribution in [0.2, 0.25) is 0 Å². The second-order valence-corrected chi connectivity index (χ2v) is 4.37. The van der Waals surface area contributed by atoms with Crippen molar-refractivity contribution in [2.45, 2.75) is 6.92 Å². The Balaban J connectivity index is 2.53. The maximum Gasteiger partial charge on any atom is 0.251 e. The first-order valence-corrected chi connectivity index (χ1v) is 6.39. The summed E-state index contributed by atoms with van der Waals surface area (Å²) in [6, 6.07) is 6.75. The van der Waals surface area contributed by atoms with Gasteiger partial charge in [-0.3, -0.25) is 9.59 Å². The van der Waals surface area contributed by atoms with Crippen molar-refractivity contribution in [2.24, 2.45) is 0 Å². The van der Waals surface area contributed by atoms with Crippen LogP contribution in [-0.2, 0) is 9.53 Å². The summed E-state index contributed by atoms with van der Waals surface area (Å²) in [5.41, 5.74) is 1.23. The first-order chi connectivity index (χ1) is 9.52. The van der Waals surface area contributed by atoms with Gasteiger partial charge in [0.2, 0.25) is 5.91 Å². The van der Waals surface area contributed by atoms with Crippen LogP contribution in [-0.4, -0.2) is 37.2 Å². The molecule has 2 amide bonds. The van der Waals surface area contributed by atoms with Crippen LogP contribution in [0, 0.1) is 0 Å². The molecule has 7 heteroatoms. The molecule has 0 atom stereocenters. The minimum Gasteiger partial charge on any atom is -0.383 e. The fourth-order valence-electron chi connectivity index (χ4n) is 1.40. The molecular formula is C13H17N3O3S. The van der Waals surface area contributed by atoms with Crippen molar-refractivity contribution in [1.29, 1.82) is 0 Å². The number of hydrogen-bond donors (Lipinski definition) is 3. The van der Waals surface area contributed by atoms with Gasteiger partial charge in [0.25, 0.3) is 5.91 Å². The van der Waals surface area contributed by atoms with Crippen LogP contribution in [0.25, 0.3) is 0 Å². The number of carbonyl (C=O) groups excluding carboxylic acids is 2. The third kappa shape index (κ3) is 5.77. The van der Waals surface area contributed by atoms with E-state index < -0.39 is 0 Å². The van der Waals surface area contributed by atoms with Crippen molar-refractivity contribution in [2.75, 3.05) is 25.6 Å². The van der Waals surface area contributed by atoms with Gasteiger partial charge in [-0.15, -0.1) is 0 Å². The van der Waals surface area contributed by atoms with Gasteiger partial charge in [0, 0.05) is 31.8 Å². The highest BCUT2D eigenvalue weighted by atomic mass is 32.1. The van der Waals surface area contributed by atoms with Gasteiger partial charge in [0.05, 0.1) is 6.61 Å². The Morgan fingerprint density at radius 3 is 2.45 bits per heavy atom. The zero-order valence-electron chi connectivity index (χ0n) is 11.4. The molecule has 0 aliphatic rings. The molecular weight excluding hydrogens is 278 g/mol. The van der Waals surface area contributed by atoms with Crippen molar-refractivity contribution in [3.8, 4) is 0 Å². The maximum atomic E-state index is 11.7. The van der Waals surface area contributed by atoms with E-state index in [0.717, 1.165) is 0 Å². The predicted octanol–water partition coefficient (Wildman–Crippen LogP) is 0.896. The number of nitrogens with one attached hydrogen (secondary N) is 3. The van der Waals surface area contributed by atoms with E-state index in [1.54, 1.807) is 31.4 Å². The number of carbonyl (C=O) groups is 2. The van der Waals surface area contributed by atoms with E-state index in [4.69, 9.17) is 17.0 Å². The van der Waals surface area contributed by atoms with Gasteiger partial charge in [0.1, 0.15) is 0 Å². The molecule has 0 aromatic heterocycles. The highest BCUT2D eigenvalue weighted by Gasteiger charge is 2.05. The zero-order chi connectivity index (χ0) is 15.0. The summed E-state index contributed by atoms with van der Waals surface area (Å²) in [6.45, 7) is 2.31. The zero-order valence-corrected chi connectivity index (χ0v) is 12.2. The summed E-state index contributed by atoms with van der Waals surface area (Å²) < 4.78 is 4.85. The minimum absolute atomic E-state index is 0.168. The highest BCUT2D eigenvalue weighted by Crippen LogP contribution is 2.09. The van der Waals surface area contributed by atoms with Gasteiger partial charge in [-0.2, -0.15) is 0 Å². The normalized spacial score (nSPS) is 9.70. The van der Waals surface area contributed by atoms with Crippen LogP contribution in [0.5, 0.6) is 0 Å². The van der Waals surface area contributed by atoms with E-state index in [-0.39, 0.29) is 16.9 Å². The Morgan fingerprint density at radius 2 is 1.90 bits per heavy atom. The van der Waals surface area contributed by atoms with Gasteiger partial charge >= 0.3 is 0 Å². The molecule has 3 N–H and O–H groups in total. The first kappa shape index (κ1) is 16.1. The van der Waals surface area contributed by atoms with Crippen molar-refractivity contribution in [1.82, 2.24) is 10.6 Å². The van der Waals surface area contributed by atoms with E-state index in [1.807, 2.05) is 0 Å². The summed E-state index contributed by atoms with van der Waals surface area (Å²) >= 11 is 4.93. The first-order valence-electron chi connectivity index (χ1n) is 5.98. The predicted molar refractivity (Wildman–Crippen MR) is 80.7 cm³/mol. The smallest absolute Gasteiger partial charge is 0.251 e. The Morgan fingerprint density at radius 1 is 1.25 bits per heavy atom. The van der Waals surface area contributed by atoms with E-state index in [0.29, 0.717) is 24.4 Å². The van der Waals surface area contributed by atoms with Crippen molar-refractivity contribution in [3.05, 3.63) is 29.8 Å². The number of benzene rings is 1. The molecule has 1 rings (SSSR count). The van der Waals surface area contributed by atoms with Crippen LogP contribution < -0.4 is 16.0 Å². The minimum atomic E-state index is -0.239. The number of ether oxygens (including phenoxy) is 1. The molecule has 6 nitrogen and oxygen atoms in total. The molecule has 0 radical (unpaired) electrons. The van der Waals surface area contributed by atoms with Crippen LogP contribution in [0.3, 0.4) is 0 Å². The molecule has 1 aromatic carbocycles. The van der Waals surface area contributed by atoms with Crippen LogP contribution in [0.4, 0.5) is 5.69 Å². The molecule has 0 heterocycles. The fraction of sp³-hybridized carbons (Fsp3) is 0.308. The highest BCUT2D eigenvalue weighted by molar-refractivity contribution is 7.80. The second-order valence-electron chi connectivity index (χ2n) is 3.96. The Labute approximate surface area is 122 Å². The molecule has 0 unspecified atom stereocenters. The average molecular weight is 295 g/mol. The lowest BCUT2D eigenvalue weighted by atomic mass is 10.2. The fourth-order valence-corrected chi connectivity index (χ4v) is 1.66. The summed E-state index contributed by atoms with van der Waals surface area (Å²) in [7, 11) is 1.57. The van der Waals surface area contributed by atoms with E-state index in [2.05, 4.69) is 16.0 Å². The quantitative estimate of drug-likeness (QED) is 0.555. The third-order valence-electron chi connectivity index (χ3n) is 2.29. The van der Waals surface area contributed by atoms with Crippen LogP contribution in [0.15, 0.2) is 24.3 Å². The summed E-state index contributed by atoms with van der Waals surface area (Å²) in [6.07, 6.45) is 0. The standard InChI is InChI=1S/C13H17N3O3S/c1-9(17)15-13(20)16-11-5-3-10(4-6-11)12(18)14-7-8-19-2/h3-6H,7-8H2,1-2H3,(H,14,18)(H2,15,16,17,20). The number of amides is 2. The molecule has 0 aliphatic carbocycles.